The number of furan rings is 1. The largest absolute Gasteiger partial charge is 0.462 e. The molecule has 1 radical (unpaired) electrons. The zero-order valence-electron chi connectivity index (χ0n) is 15.2. The third kappa shape index (κ3) is 2.89. The number of allylic oxidation sites excluding steroid dienone is 1. The summed E-state index contributed by atoms with van der Waals surface area (Å²) >= 11 is 0. The number of aryl methyl sites for hydroxylation is 3. The monoisotopic (exact) mass is 415 g/mol. The van der Waals surface area contributed by atoms with Gasteiger partial charge in [0.1, 0.15) is 11.5 Å². The van der Waals surface area contributed by atoms with Crippen molar-refractivity contribution >= 4 is 11.6 Å². The molecule has 26 heavy (non-hydrogen) atoms. The van der Waals surface area contributed by atoms with E-state index in [-0.39, 0.29) is 26.2 Å². The molecule has 2 aromatic carbocycles. The minimum absolute atomic E-state index is 0. The number of fused-ring (bicyclic) bond motifs is 2. The Labute approximate surface area is 174 Å². The Morgan fingerprint density at radius 3 is 2.46 bits per heavy atom. The Balaban J connectivity index is 0.00000168. The molecule has 1 nitrogen and oxygen atoms in total. The second-order valence-electron chi connectivity index (χ2n) is 7.27. The minimum atomic E-state index is 0. The van der Waals surface area contributed by atoms with Crippen LogP contribution in [0.1, 0.15) is 45.8 Å². The third-order valence-corrected chi connectivity index (χ3v) is 5.45. The Hall–Kier alpha value is -1.66. The van der Waals surface area contributed by atoms with Gasteiger partial charge < -0.3 is 4.42 Å². The van der Waals surface area contributed by atoms with Crippen LogP contribution in [0.5, 0.6) is 0 Å². The van der Waals surface area contributed by atoms with Gasteiger partial charge in [0.15, 0.2) is 0 Å². The van der Waals surface area contributed by atoms with E-state index in [0.717, 1.165) is 11.5 Å². The second kappa shape index (κ2) is 6.82. The third-order valence-electron chi connectivity index (χ3n) is 5.45. The SMILES string of the molecule is Cc1ccc(-c2c3c(cc4c2CCC4)[CH]C(c2ccc(C)o2)=C3)cc1.[Zr]. The van der Waals surface area contributed by atoms with Gasteiger partial charge in [0, 0.05) is 38.2 Å². The van der Waals surface area contributed by atoms with Crippen LogP contribution in [0.2, 0.25) is 0 Å². The van der Waals surface area contributed by atoms with Crippen LogP contribution in [0.25, 0.3) is 22.8 Å². The average molecular weight is 417 g/mol. The van der Waals surface area contributed by atoms with Gasteiger partial charge in [-0.3, -0.25) is 0 Å². The van der Waals surface area contributed by atoms with E-state index >= 15 is 0 Å². The van der Waals surface area contributed by atoms with E-state index in [1.165, 1.54) is 58.2 Å². The molecule has 0 unspecified atom stereocenters. The number of rotatable bonds is 2. The van der Waals surface area contributed by atoms with E-state index in [0.29, 0.717) is 0 Å². The molecule has 0 spiro atoms. The van der Waals surface area contributed by atoms with Gasteiger partial charge in [-0.15, -0.1) is 0 Å². The number of hydrogen-bond donors (Lipinski definition) is 0. The fourth-order valence-corrected chi connectivity index (χ4v) is 4.21. The van der Waals surface area contributed by atoms with Crippen molar-refractivity contribution < 1.29 is 30.6 Å². The molecule has 0 N–H and O–H groups in total. The van der Waals surface area contributed by atoms with Crippen molar-refractivity contribution in [3.05, 3.63) is 88.2 Å². The fourth-order valence-electron chi connectivity index (χ4n) is 4.21. The van der Waals surface area contributed by atoms with Gasteiger partial charge >= 0.3 is 0 Å². The molecule has 0 fully saturated rings. The summed E-state index contributed by atoms with van der Waals surface area (Å²) in [5.41, 5.74) is 11.0. The molecule has 2 aliphatic carbocycles. The maximum atomic E-state index is 5.86. The first kappa shape index (κ1) is 17.7. The molecule has 1 aromatic heterocycles. The van der Waals surface area contributed by atoms with Crippen molar-refractivity contribution in [2.24, 2.45) is 0 Å². The molecule has 0 aliphatic heterocycles. The van der Waals surface area contributed by atoms with Crippen molar-refractivity contribution in [2.75, 3.05) is 0 Å². The summed E-state index contributed by atoms with van der Waals surface area (Å²) in [6.45, 7) is 4.15. The molecular weight excluding hydrogens is 395 g/mol. The van der Waals surface area contributed by atoms with Crippen molar-refractivity contribution in [3.63, 3.8) is 0 Å². The zero-order chi connectivity index (χ0) is 17.0. The van der Waals surface area contributed by atoms with Gasteiger partial charge in [0.2, 0.25) is 0 Å². The summed E-state index contributed by atoms with van der Waals surface area (Å²) in [6.07, 6.45) is 8.25. The van der Waals surface area contributed by atoms with Crippen molar-refractivity contribution in [3.8, 4) is 11.1 Å². The van der Waals surface area contributed by atoms with Gasteiger partial charge in [0.05, 0.1) is 0 Å². The zero-order valence-corrected chi connectivity index (χ0v) is 17.7. The Kier molecular flexibility index (Phi) is 4.65. The second-order valence-corrected chi connectivity index (χ2v) is 7.27. The van der Waals surface area contributed by atoms with Crippen molar-refractivity contribution in [1.29, 1.82) is 0 Å². The predicted molar refractivity (Wildman–Crippen MR) is 103 cm³/mol. The van der Waals surface area contributed by atoms with Crippen LogP contribution in [0.15, 0.2) is 46.9 Å². The molecule has 5 rings (SSSR count). The van der Waals surface area contributed by atoms with Crippen molar-refractivity contribution in [1.82, 2.24) is 0 Å². The van der Waals surface area contributed by atoms with E-state index in [1.807, 2.05) is 13.0 Å². The number of hydrogen-bond acceptors (Lipinski definition) is 1. The Morgan fingerprint density at radius 2 is 1.73 bits per heavy atom. The molecule has 2 aliphatic rings. The summed E-state index contributed by atoms with van der Waals surface area (Å²) in [4.78, 5) is 0. The maximum absolute atomic E-state index is 5.86. The van der Waals surface area contributed by atoms with Crippen LogP contribution in [-0.4, -0.2) is 0 Å². The van der Waals surface area contributed by atoms with Gasteiger partial charge in [-0.25, -0.2) is 0 Å². The smallest absolute Gasteiger partial charge is 0.130 e. The predicted octanol–water partition coefficient (Wildman–Crippen LogP) is 6.16. The fraction of sp³-hybridized carbons (Fsp3) is 0.208. The molecule has 127 valence electrons. The molecule has 0 amide bonds. The summed E-state index contributed by atoms with van der Waals surface area (Å²) in [7, 11) is 0. The quantitative estimate of drug-likeness (QED) is 0.488. The van der Waals surface area contributed by atoms with E-state index in [2.05, 4.69) is 55.8 Å². The summed E-state index contributed by atoms with van der Waals surface area (Å²) < 4.78 is 5.86. The van der Waals surface area contributed by atoms with Gasteiger partial charge in [-0.1, -0.05) is 35.9 Å². The van der Waals surface area contributed by atoms with Gasteiger partial charge in [-0.2, -0.15) is 0 Å². The molecular formula is C24H21OZr. The normalized spacial score (nSPS) is 14.6. The van der Waals surface area contributed by atoms with Crippen LogP contribution in [0.4, 0.5) is 0 Å². The maximum Gasteiger partial charge on any atom is 0.130 e. The molecule has 0 bridgehead atoms. The molecule has 0 atom stereocenters. The first-order valence-corrected chi connectivity index (χ1v) is 9.08. The molecule has 3 aromatic rings. The average Bonchev–Trinajstić information content (AvgIpc) is 3.32. The van der Waals surface area contributed by atoms with E-state index < -0.39 is 0 Å². The summed E-state index contributed by atoms with van der Waals surface area (Å²) in [5, 5.41) is 0. The first-order chi connectivity index (χ1) is 12.2. The molecule has 0 saturated carbocycles. The van der Waals surface area contributed by atoms with Crippen LogP contribution in [0, 0.1) is 20.3 Å². The van der Waals surface area contributed by atoms with Crippen LogP contribution in [-0.2, 0) is 39.0 Å². The van der Waals surface area contributed by atoms with Crippen LogP contribution >= 0.6 is 0 Å². The Morgan fingerprint density at radius 1 is 0.923 bits per heavy atom. The molecule has 1 heterocycles. The van der Waals surface area contributed by atoms with Crippen LogP contribution < -0.4 is 0 Å². The summed E-state index contributed by atoms with van der Waals surface area (Å²) in [6, 6.07) is 15.5. The Bertz CT molecular complexity index is 1010. The van der Waals surface area contributed by atoms with Crippen LogP contribution in [0.3, 0.4) is 0 Å². The standard InChI is InChI=1S/C24H21O.Zr/c1-15-6-9-17(10-7-15)24-21-5-3-4-18(21)12-19-13-20(14-22(19)24)23-11-8-16(2)25-23;/h6-14H,3-5H2,1-2H3;. The minimum Gasteiger partial charge on any atom is -0.462 e. The number of benzene rings is 2. The first-order valence-electron chi connectivity index (χ1n) is 9.08. The summed E-state index contributed by atoms with van der Waals surface area (Å²) in [5.74, 6) is 1.92. The molecule has 2 heteroatoms. The van der Waals surface area contributed by atoms with Gasteiger partial charge in [-0.05, 0) is 84.7 Å². The molecule has 0 saturated heterocycles. The van der Waals surface area contributed by atoms with E-state index in [4.69, 9.17) is 4.42 Å². The van der Waals surface area contributed by atoms with Gasteiger partial charge in [0.25, 0.3) is 0 Å². The van der Waals surface area contributed by atoms with Crippen molar-refractivity contribution in [2.45, 2.75) is 33.1 Å². The van der Waals surface area contributed by atoms with E-state index in [1.54, 1.807) is 5.56 Å². The van der Waals surface area contributed by atoms with E-state index in [9.17, 15) is 0 Å². The topological polar surface area (TPSA) is 13.1 Å².